The molecule has 2 aromatic rings. The van der Waals surface area contributed by atoms with Crippen LogP contribution in [0.5, 0.6) is 0 Å². The fourth-order valence-corrected chi connectivity index (χ4v) is 1.87. The average Bonchev–Trinajstić information content (AvgIpc) is 2.41. The second-order valence-corrected chi connectivity index (χ2v) is 4.57. The van der Waals surface area contributed by atoms with E-state index in [0.717, 1.165) is 0 Å². The Morgan fingerprint density at radius 2 is 1.76 bits per heavy atom. The van der Waals surface area contributed by atoms with Crippen molar-refractivity contribution in [3.8, 4) is 0 Å². The Morgan fingerprint density at radius 3 is 2.43 bits per heavy atom. The highest BCUT2D eigenvalue weighted by molar-refractivity contribution is 6.31. The van der Waals surface area contributed by atoms with Crippen molar-refractivity contribution in [3.63, 3.8) is 0 Å². The van der Waals surface area contributed by atoms with E-state index in [1.54, 1.807) is 0 Å². The Labute approximate surface area is 122 Å². The molecule has 0 radical (unpaired) electrons. The van der Waals surface area contributed by atoms with Gasteiger partial charge in [-0.25, -0.2) is 13.2 Å². The van der Waals surface area contributed by atoms with E-state index in [0.29, 0.717) is 12.1 Å². The van der Waals surface area contributed by atoms with Gasteiger partial charge in [0.05, 0.1) is 4.92 Å². The van der Waals surface area contributed by atoms with Crippen molar-refractivity contribution in [2.75, 3.05) is 5.32 Å². The lowest BCUT2D eigenvalue weighted by atomic mass is 10.2. The van der Waals surface area contributed by atoms with Crippen LogP contribution in [-0.2, 0) is 6.54 Å². The highest BCUT2D eigenvalue weighted by Gasteiger charge is 2.15. The standard InChI is InChI=1S/C13H8ClF3N2O2/c14-8-1-2-13(19(20)21)12(4-8)18-6-7-3-10(16)11(17)5-9(7)15/h1-5,18H,6H2. The van der Waals surface area contributed by atoms with Crippen molar-refractivity contribution in [1.29, 1.82) is 0 Å². The van der Waals surface area contributed by atoms with Crippen molar-refractivity contribution in [3.05, 3.63) is 68.5 Å². The zero-order valence-electron chi connectivity index (χ0n) is 10.4. The number of anilines is 1. The van der Waals surface area contributed by atoms with Gasteiger partial charge in [0.15, 0.2) is 11.6 Å². The van der Waals surface area contributed by atoms with Gasteiger partial charge in [-0.15, -0.1) is 0 Å². The van der Waals surface area contributed by atoms with Gasteiger partial charge in [-0.05, 0) is 18.2 Å². The number of hydrogen-bond acceptors (Lipinski definition) is 3. The first-order valence-electron chi connectivity index (χ1n) is 5.69. The summed E-state index contributed by atoms with van der Waals surface area (Å²) in [6.45, 7) is -0.260. The van der Waals surface area contributed by atoms with Crippen LogP contribution in [0.2, 0.25) is 5.02 Å². The summed E-state index contributed by atoms with van der Waals surface area (Å²) in [5.74, 6) is -3.45. The molecule has 0 aliphatic carbocycles. The summed E-state index contributed by atoms with van der Waals surface area (Å²) in [5.41, 5.74) is -0.373. The molecular formula is C13H8ClF3N2O2. The van der Waals surface area contributed by atoms with Crippen molar-refractivity contribution in [2.24, 2.45) is 0 Å². The number of benzene rings is 2. The molecule has 0 spiro atoms. The van der Waals surface area contributed by atoms with Crippen LogP contribution in [0.25, 0.3) is 0 Å². The molecule has 0 amide bonds. The molecule has 2 rings (SSSR count). The fraction of sp³-hybridized carbons (Fsp3) is 0.0769. The summed E-state index contributed by atoms with van der Waals surface area (Å²) in [7, 11) is 0. The maximum atomic E-state index is 13.5. The number of nitro groups is 1. The monoisotopic (exact) mass is 316 g/mol. The van der Waals surface area contributed by atoms with Crippen LogP contribution in [0.3, 0.4) is 0 Å². The van der Waals surface area contributed by atoms with Crippen LogP contribution in [0.1, 0.15) is 5.56 Å². The van der Waals surface area contributed by atoms with Gasteiger partial charge < -0.3 is 5.32 Å². The minimum Gasteiger partial charge on any atom is -0.375 e. The molecule has 0 aliphatic rings. The van der Waals surface area contributed by atoms with Crippen LogP contribution >= 0.6 is 11.6 Å². The van der Waals surface area contributed by atoms with E-state index in [1.807, 2.05) is 0 Å². The van der Waals surface area contributed by atoms with Gasteiger partial charge in [0.2, 0.25) is 0 Å². The van der Waals surface area contributed by atoms with Crippen molar-refractivity contribution >= 4 is 23.0 Å². The van der Waals surface area contributed by atoms with Crippen LogP contribution in [0.4, 0.5) is 24.5 Å². The quantitative estimate of drug-likeness (QED) is 0.520. The second-order valence-electron chi connectivity index (χ2n) is 4.13. The maximum Gasteiger partial charge on any atom is 0.292 e. The predicted octanol–water partition coefficient (Wildman–Crippen LogP) is 4.28. The fourth-order valence-electron chi connectivity index (χ4n) is 1.70. The third kappa shape index (κ3) is 3.43. The third-order valence-electron chi connectivity index (χ3n) is 2.71. The molecule has 1 N–H and O–H groups in total. The Balaban J connectivity index is 2.26. The molecule has 0 unspecified atom stereocenters. The molecule has 0 aliphatic heterocycles. The molecule has 0 aromatic heterocycles. The molecule has 0 saturated carbocycles. The van der Waals surface area contributed by atoms with Gasteiger partial charge in [-0.1, -0.05) is 11.6 Å². The molecule has 4 nitrogen and oxygen atoms in total. The average molecular weight is 317 g/mol. The number of nitrogens with one attached hydrogen (secondary N) is 1. The third-order valence-corrected chi connectivity index (χ3v) is 2.95. The Kier molecular flexibility index (Phi) is 4.32. The lowest BCUT2D eigenvalue weighted by Gasteiger charge is -2.09. The normalized spacial score (nSPS) is 10.5. The minimum atomic E-state index is -1.30. The van der Waals surface area contributed by atoms with Crippen LogP contribution < -0.4 is 5.32 Å². The number of nitro benzene ring substituents is 1. The molecule has 0 heterocycles. The van der Waals surface area contributed by atoms with E-state index in [1.165, 1.54) is 18.2 Å². The summed E-state index contributed by atoms with van der Waals surface area (Å²) in [5, 5.41) is 13.7. The maximum absolute atomic E-state index is 13.5. The van der Waals surface area contributed by atoms with Crippen molar-refractivity contribution in [2.45, 2.75) is 6.54 Å². The topological polar surface area (TPSA) is 55.2 Å². The van der Waals surface area contributed by atoms with E-state index >= 15 is 0 Å². The Bertz CT molecular complexity index is 710. The first kappa shape index (κ1) is 15.1. The Hall–Kier alpha value is -2.28. The van der Waals surface area contributed by atoms with Gasteiger partial charge in [0.25, 0.3) is 5.69 Å². The molecule has 0 fully saturated rings. The molecular weight excluding hydrogens is 309 g/mol. The summed E-state index contributed by atoms with van der Waals surface area (Å²) in [4.78, 5) is 10.2. The zero-order valence-corrected chi connectivity index (χ0v) is 11.1. The summed E-state index contributed by atoms with van der Waals surface area (Å²) >= 11 is 5.73. The van der Waals surface area contributed by atoms with Gasteiger partial charge in [-0.2, -0.15) is 0 Å². The number of rotatable bonds is 4. The predicted molar refractivity (Wildman–Crippen MR) is 71.7 cm³/mol. The van der Waals surface area contributed by atoms with E-state index in [4.69, 9.17) is 11.6 Å². The molecule has 0 bridgehead atoms. The van der Waals surface area contributed by atoms with E-state index in [-0.39, 0.29) is 28.5 Å². The van der Waals surface area contributed by atoms with Crippen molar-refractivity contribution < 1.29 is 18.1 Å². The number of halogens is 4. The molecule has 0 atom stereocenters. The van der Waals surface area contributed by atoms with Crippen LogP contribution in [-0.4, -0.2) is 4.92 Å². The van der Waals surface area contributed by atoms with Gasteiger partial charge in [0, 0.05) is 29.3 Å². The number of hydrogen-bond donors (Lipinski definition) is 1. The lowest BCUT2D eigenvalue weighted by Crippen LogP contribution is -2.05. The molecule has 2 aromatic carbocycles. The lowest BCUT2D eigenvalue weighted by molar-refractivity contribution is -0.384. The highest BCUT2D eigenvalue weighted by Crippen LogP contribution is 2.28. The van der Waals surface area contributed by atoms with Crippen LogP contribution in [0.15, 0.2) is 30.3 Å². The Morgan fingerprint density at radius 1 is 1.10 bits per heavy atom. The van der Waals surface area contributed by atoms with Gasteiger partial charge in [-0.3, -0.25) is 10.1 Å². The van der Waals surface area contributed by atoms with Crippen molar-refractivity contribution in [1.82, 2.24) is 0 Å². The molecule has 0 saturated heterocycles. The van der Waals surface area contributed by atoms with E-state index < -0.39 is 22.4 Å². The molecule has 21 heavy (non-hydrogen) atoms. The first-order valence-corrected chi connectivity index (χ1v) is 6.07. The number of nitrogens with zero attached hydrogens (tertiary/aromatic N) is 1. The van der Waals surface area contributed by atoms with E-state index in [2.05, 4.69) is 5.32 Å². The van der Waals surface area contributed by atoms with Gasteiger partial charge in [0.1, 0.15) is 11.5 Å². The second kappa shape index (κ2) is 6.01. The SMILES string of the molecule is O=[N+]([O-])c1ccc(Cl)cc1NCc1cc(F)c(F)cc1F. The zero-order chi connectivity index (χ0) is 15.6. The largest absolute Gasteiger partial charge is 0.375 e. The summed E-state index contributed by atoms with van der Waals surface area (Å²) in [6.07, 6.45) is 0. The minimum absolute atomic E-state index is 0.0524. The summed E-state index contributed by atoms with van der Waals surface area (Å²) < 4.78 is 39.3. The van der Waals surface area contributed by atoms with Gasteiger partial charge >= 0.3 is 0 Å². The molecule has 8 heteroatoms. The van der Waals surface area contributed by atoms with E-state index in [9.17, 15) is 23.3 Å². The van der Waals surface area contributed by atoms with Crippen LogP contribution in [0, 0.1) is 27.6 Å². The smallest absolute Gasteiger partial charge is 0.292 e. The molecule has 110 valence electrons. The summed E-state index contributed by atoms with van der Waals surface area (Å²) in [6, 6.07) is 4.92. The highest BCUT2D eigenvalue weighted by atomic mass is 35.5. The first-order chi connectivity index (χ1) is 9.88.